The minimum absolute atomic E-state index is 0.790. The Morgan fingerprint density at radius 1 is 0.409 bits per heavy atom. The molecule has 0 saturated carbocycles. The summed E-state index contributed by atoms with van der Waals surface area (Å²) >= 11 is 0. The quantitative estimate of drug-likeness (QED) is 0.114. The van der Waals surface area contributed by atoms with Gasteiger partial charge in [-0.25, -0.2) is 0 Å². The Balaban J connectivity index is 1.70. The van der Waals surface area contributed by atoms with Gasteiger partial charge in [-0.1, -0.05) is 54.6 Å². The van der Waals surface area contributed by atoms with Gasteiger partial charge >= 0.3 is 0 Å². The summed E-state index contributed by atoms with van der Waals surface area (Å²) in [4.78, 5) is 0. The van der Waals surface area contributed by atoms with Gasteiger partial charge in [-0.3, -0.25) is 0 Å². The Bertz CT molecular complexity index is 2350. The summed E-state index contributed by atoms with van der Waals surface area (Å²) in [7, 11) is 4.71. The third kappa shape index (κ3) is 2.92. The maximum atomic E-state index is 6.13. The third-order valence-corrected chi connectivity index (χ3v) is 14.0. The molecular weight excluding hydrogens is 563 g/mol. The van der Waals surface area contributed by atoms with Crippen molar-refractivity contribution in [3.8, 4) is 23.0 Å². The number of ether oxygens (including phenoxy) is 4. The molecule has 44 heavy (non-hydrogen) atoms. The summed E-state index contributed by atoms with van der Waals surface area (Å²) in [5.74, 6) is 3.23. The number of hydrogen-bond donors (Lipinski definition) is 0. The van der Waals surface area contributed by atoms with Crippen LogP contribution < -0.4 is 34.9 Å². The molecule has 0 bridgehead atoms. The molecule has 0 spiro atoms. The van der Waals surface area contributed by atoms with Gasteiger partial charge < -0.3 is 18.9 Å². The Morgan fingerprint density at radius 3 is 1.30 bits per heavy atom. The van der Waals surface area contributed by atoms with Crippen LogP contribution in [0.4, 0.5) is 0 Å². The Kier molecular flexibility index (Phi) is 5.18. The van der Waals surface area contributed by atoms with Crippen molar-refractivity contribution < 1.29 is 18.9 Å². The number of rotatable bonds is 5. The molecule has 0 unspecified atom stereocenters. The zero-order valence-electron chi connectivity index (χ0n) is 25.2. The molecule has 8 aromatic rings. The first kappa shape index (κ1) is 25.7. The highest BCUT2D eigenvalue weighted by molar-refractivity contribution is 7.97. The van der Waals surface area contributed by atoms with Crippen molar-refractivity contribution in [2.75, 3.05) is 35.1 Å². The van der Waals surface area contributed by atoms with Crippen LogP contribution in [0, 0.1) is 0 Å². The molecule has 0 atom stereocenters. The molecule has 1 aliphatic heterocycles. The van der Waals surface area contributed by atoms with E-state index < -0.39 is 7.26 Å². The van der Waals surface area contributed by atoms with Gasteiger partial charge in [0.05, 0.1) is 35.1 Å². The van der Waals surface area contributed by atoms with E-state index in [1.54, 1.807) is 28.4 Å². The maximum absolute atomic E-state index is 6.13. The molecule has 0 N–H and O–H groups in total. The molecular formula is C39H30O4P+. The number of benzene rings is 8. The van der Waals surface area contributed by atoms with Crippen LogP contribution in [-0.2, 0) is 0 Å². The van der Waals surface area contributed by atoms with Crippen LogP contribution in [0.1, 0.15) is 0 Å². The lowest BCUT2D eigenvalue weighted by Gasteiger charge is -2.24. The van der Waals surface area contributed by atoms with Crippen LogP contribution in [0.25, 0.3) is 64.6 Å². The van der Waals surface area contributed by atoms with Gasteiger partial charge in [0.15, 0.2) is 0 Å². The molecule has 5 heteroatoms. The highest BCUT2D eigenvalue weighted by Crippen LogP contribution is 2.65. The van der Waals surface area contributed by atoms with Crippen LogP contribution in [0.3, 0.4) is 0 Å². The van der Waals surface area contributed by atoms with Gasteiger partial charge in [-0.2, -0.15) is 0 Å². The molecule has 0 radical (unpaired) electrons. The van der Waals surface area contributed by atoms with Gasteiger partial charge in [0.2, 0.25) is 0 Å². The zero-order valence-corrected chi connectivity index (χ0v) is 26.1. The van der Waals surface area contributed by atoms with Gasteiger partial charge in [0.25, 0.3) is 0 Å². The molecule has 8 aromatic carbocycles. The highest BCUT2D eigenvalue weighted by Gasteiger charge is 2.52. The molecule has 0 fully saturated rings. The lowest BCUT2D eigenvalue weighted by atomic mass is 9.85. The topological polar surface area (TPSA) is 36.9 Å². The molecule has 214 valence electrons. The lowest BCUT2D eigenvalue weighted by molar-refractivity contribution is 0.398. The molecule has 0 aliphatic carbocycles. The number of methoxy groups -OCH3 is 4. The Morgan fingerprint density at radius 2 is 0.864 bits per heavy atom. The average molecular weight is 594 g/mol. The predicted octanol–water partition coefficient (Wildman–Crippen LogP) is 8.32. The lowest BCUT2D eigenvalue weighted by Crippen LogP contribution is -2.28. The van der Waals surface area contributed by atoms with E-state index in [1.165, 1.54) is 69.8 Å². The van der Waals surface area contributed by atoms with Crippen molar-refractivity contribution in [2.24, 2.45) is 0 Å². The van der Waals surface area contributed by atoms with E-state index in [9.17, 15) is 0 Å². The summed E-state index contributed by atoms with van der Waals surface area (Å²) in [6.45, 7) is 2.50. The van der Waals surface area contributed by atoms with Gasteiger partial charge in [-0.15, -0.1) is 0 Å². The molecule has 0 aromatic heterocycles. The second kappa shape index (κ2) is 8.87. The van der Waals surface area contributed by atoms with Crippen molar-refractivity contribution in [2.45, 2.75) is 0 Å². The largest absolute Gasteiger partial charge is 0.497 e. The second-order valence-electron chi connectivity index (χ2n) is 11.7. The highest BCUT2D eigenvalue weighted by atomic mass is 31.2. The Hall–Kier alpha value is -4.79. The summed E-state index contributed by atoms with van der Waals surface area (Å²) < 4.78 is 24.1. The van der Waals surface area contributed by atoms with Gasteiger partial charge in [0, 0.05) is 55.2 Å². The van der Waals surface area contributed by atoms with Crippen LogP contribution in [0.2, 0.25) is 0 Å². The first-order chi connectivity index (χ1) is 21.5. The maximum Gasteiger partial charge on any atom is 0.131 e. The first-order valence-electron chi connectivity index (χ1n) is 14.8. The monoisotopic (exact) mass is 593 g/mol. The normalized spacial score (nSPS) is 13.8. The van der Waals surface area contributed by atoms with E-state index in [4.69, 9.17) is 18.9 Å². The van der Waals surface area contributed by atoms with Crippen molar-refractivity contribution in [1.29, 1.82) is 0 Å². The molecule has 4 nitrogen and oxygen atoms in total. The van der Waals surface area contributed by atoms with Crippen LogP contribution >= 0.6 is 7.26 Å². The minimum Gasteiger partial charge on any atom is -0.497 e. The molecule has 0 saturated heterocycles. The van der Waals surface area contributed by atoms with E-state index in [-0.39, 0.29) is 0 Å². The van der Waals surface area contributed by atoms with Crippen molar-refractivity contribution >= 4 is 87.8 Å². The van der Waals surface area contributed by atoms with Crippen molar-refractivity contribution in [3.05, 3.63) is 91.0 Å². The average Bonchev–Trinajstić information content (AvgIpc) is 3.37. The summed E-state index contributed by atoms with van der Waals surface area (Å²) in [6, 6.07) is 33.0. The van der Waals surface area contributed by atoms with Crippen molar-refractivity contribution in [3.63, 3.8) is 0 Å². The van der Waals surface area contributed by atoms with E-state index in [0.29, 0.717) is 0 Å². The Labute approximate surface area is 255 Å². The summed E-state index contributed by atoms with van der Waals surface area (Å²) in [5, 5.41) is 19.0. The van der Waals surface area contributed by atoms with Crippen molar-refractivity contribution in [1.82, 2.24) is 0 Å². The number of fused-ring (bicyclic) bond motifs is 7. The predicted molar refractivity (Wildman–Crippen MR) is 187 cm³/mol. The van der Waals surface area contributed by atoms with Gasteiger partial charge in [0.1, 0.15) is 46.2 Å². The second-order valence-corrected chi connectivity index (χ2v) is 15.2. The van der Waals surface area contributed by atoms with Gasteiger partial charge in [-0.05, 0) is 45.8 Å². The summed E-state index contributed by atoms with van der Waals surface area (Å²) in [5.41, 5.74) is 0. The SMILES string of the molecule is COc1cc(OC)c2c(c1)c1c3c4c(c5cc(OC)cc(OC)c5c5cccc(c6cccc2c63)c54)[P+]1(C)c1ccccc1. The van der Waals surface area contributed by atoms with Crippen LogP contribution in [0.15, 0.2) is 91.0 Å². The fraction of sp³-hybridized carbons (Fsp3) is 0.128. The first-order valence-corrected chi connectivity index (χ1v) is 17.0. The van der Waals surface area contributed by atoms with E-state index >= 15 is 0 Å². The summed E-state index contributed by atoms with van der Waals surface area (Å²) in [6.07, 6.45) is 0. The molecule has 1 aliphatic rings. The molecule has 0 amide bonds. The van der Waals surface area contributed by atoms with E-state index in [1.807, 2.05) is 12.1 Å². The number of hydrogen-bond acceptors (Lipinski definition) is 4. The zero-order chi connectivity index (χ0) is 29.9. The minimum atomic E-state index is -2.27. The standard InChI is InChI=1S/C39H30O4P/c1-40-21-17-28-32(30(19-21)42-3)26-15-9-13-24-25-14-10-16-27-33-29(18-22(41-2)20-31(33)43-4)39-37(35(25)27)36(34(24)26)38(28)44(39,5)23-11-7-6-8-12-23/h6-20H,1-5H3/q+1. The third-order valence-electron chi connectivity index (χ3n) is 9.92. The molecule has 1 heterocycles. The van der Waals surface area contributed by atoms with Crippen LogP contribution in [-0.4, -0.2) is 35.1 Å². The van der Waals surface area contributed by atoms with E-state index in [0.717, 1.165) is 33.8 Å². The molecule has 9 rings (SSSR count). The van der Waals surface area contributed by atoms with Crippen LogP contribution in [0.5, 0.6) is 23.0 Å². The fourth-order valence-electron chi connectivity index (χ4n) is 8.19. The smallest absolute Gasteiger partial charge is 0.131 e. The van der Waals surface area contributed by atoms with E-state index in [2.05, 4.69) is 85.5 Å². The fourth-order valence-corrected chi connectivity index (χ4v) is 12.4.